The summed E-state index contributed by atoms with van der Waals surface area (Å²) in [5.74, 6) is 1.05. The lowest BCUT2D eigenvalue weighted by Gasteiger charge is -2.06. The molecule has 0 saturated heterocycles. The monoisotopic (exact) mass is 303 g/mol. The van der Waals surface area contributed by atoms with Crippen molar-refractivity contribution >= 4 is 33.2 Å². The van der Waals surface area contributed by atoms with Gasteiger partial charge in [0.1, 0.15) is 11.0 Å². The highest BCUT2D eigenvalue weighted by atomic mass is 35.5. The van der Waals surface area contributed by atoms with Crippen molar-refractivity contribution in [2.45, 2.75) is 26.2 Å². The summed E-state index contributed by atoms with van der Waals surface area (Å²) in [7, 11) is 0. The molecule has 0 radical (unpaired) electrons. The summed E-state index contributed by atoms with van der Waals surface area (Å²) in [5, 5.41) is 1.55. The van der Waals surface area contributed by atoms with Crippen LogP contribution in [0.2, 0.25) is 5.15 Å². The SMILES string of the molecule is CC(C)c1nc(Cl)cc(Cc2nc3ccccc3s2)n1. The van der Waals surface area contributed by atoms with Gasteiger partial charge in [0.15, 0.2) is 0 Å². The van der Waals surface area contributed by atoms with E-state index in [2.05, 4.69) is 34.9 Å². The molecule has 20 heavy (non-hydrogen) atoms. The van der Waals surface area contributed by atoms with Crippen molar-refractivity contribution in [2.75, 3.05) is 0 Å². The summed E-state index contributed by atoms with van der Waals surface area (Å²) in [6.45, 7) is 4.13. The zero-order valence-electron chi connectivity index (χ0n) is 11.3. The van der Waals surface area contributed by atoms with Gasteiger partial charge in [-0.1, -0.05) is 37.6 Å². The number of thiazole rings is 1. The van der Waals surface area contributed by atoms with Crippen LogP contribution in [-0.4, -0.2) is 15.0 Å². The lowest BCUT2D eigenvalue weighted by molar-refractivity contribution is 0.761. The third-order valence-electron chi connectivity index (χ3n) is 2.95. The minimum atomic E-state index is 0.266. The minimum Gasteiger partial charge on any atom is -0.241 e. The maximum Gasteiger partial charge on any atom is 0.133 e. The van der Waals surface area contributed by atoms with Crippen LogP contribution in [0.3, 0.4) is 0 Å². The second-order valence-electron chi connectivity index (χ2n) is 4.95. The molecule has 2 heterocycles. The number of hydrogen-bond donors (Lipinski definition) is 0. The molecule has 0 spiro atoms. The summed E-state index contributed by atoms with van der Waals surface area (Å²) in [6.07, 6.45) is 0.696. The van der Waals surface area contributed by atoms with Crippen LogP contribution in [-0.2, 0) is 6.42 Å². The van der Waals surface area contributed by atoms with Gasteiger partial charge in [-0.15, -0.1) is 11.3 Å². The molecule has 3 rings (SSSR count). The Kier molecular flexibility index (Phi) is 3.68. The van der Waals surface area contributed by atoms with Crippen LogP contribution in [0.4, 0.5) is 0 Å². The van der Waals surface area contributed by atoms with Crippen LogP contribution in [0.5, 0.6) is 0 Å². The minimum absolute atomic E-state index is 0.266. The van der Waals surface area contributed by atoms with E-state index in [0.717, 1.165) is 22.0 Å². The van der Waals surface area contributed by atoms with E-state index in [-0.39, 0.29) is 5.92 Å². The Morgan fingerprint density at radius 2 is 1.95 bits per heavy atom. The summed E-state index contributed by atoms with van der Waals surface area (Å²) in [5.41, 5.74) is 1.96. The molecule has 102 valence electrons. The first-order chi connectivity index (χ1) is 9.61. The molecule has 0 fully saturated rings. The molecule has 0 aliphatic carbocycles. The summed E-state index contributed by atoms with van der Waals surface area (Å²) in [6, 6.07) is 9.97. The summed E-state index contributed by atoms with van der Waals surface area (Å²) in [4.78, 5) is 13.5. The highest BCUT2D eigenvalue weighted by Crippen LogP contribution is 2.24. The number of hydrogen-bond acceptors (Lipinski definition) is 4. The first kappa shape index (κ1) is 13.5. The van der Waals surface area contributed by atoms with E-state index in [1.807, 2.05) is 24.3 Å². The molecule has 0 bridgehead atoms. The lowest BCUT2D eigenvalue weighted by atomic mass is 10.2. The quantitative estimate of drug-likeness (QED) is 0.671. The van der Waals surface area contributed by atoms with Gasteiger partial charge in [0, 0.05) is 12.3 Å². The molecule has 1 aromatic carbocycles. The van der Waals surface area contributed by atoms with Crippen LogP contribution in [0.1, 0.15) is 36.3 Å². The number of rotatable bonds is 3. The molecular weight excluding hydrogens is 290 g/mol. The Bertz CT molecular complexity index is 719. The fraction of sp³-hybridized carbons (Fsp3) is 0.267. The Morgan fingerprint density at radius 1 is 1.15 bits per heavy atom. The second-order valence-corrected chi connectivity index (χ2v) is 6.45. The number of fused-ring (bicyclic) bond motifs is 1. The molecule has 0 amide bonds. The van der Waals surface area contributed by atoms with Gasteiger partial charge < -0.3 is 0 Å². The predicted molar refractivity (Wildman–Crippen MR) is 83.6 cm³/mol. The molecule has 0 N–H and O–H groups in total. The molecule has 5 heteroatoms. The van der Waals surface area contributed by atoms with Crippen molar-refractivity contribution in [1.82, 2.24) is 15.0 Å². The van der Waals surface area contributed by atoms with Crippen molar-refractivity contribution in [2.24, 2.45) is 0 Å². The van der Waals surface area contributed by atoms with E-state index in [1.54, 1.807) is 11.3 Å². The van der Waals surface area contributed by atoms with Gasteiger partial charge in [0.05, 0.1) is 20.9 Å². The fourth-order valence-corrected chi connectivity index (χ4v) is 3.18. The maximum atomic E-state index is 6.07. The van der Waals surface area contributed by atoms with Gasteiger partial charge in [0.25, 0.3) is 0 Å². The average Bonchev–Trinajstić information content (AvgIpc) is 2.79. The van der Waals surface area contributed by atoms with E-state index < -0.39 is 0 Å². The van der Waals surface area contributed by atoms with Gasteiger partial charge in [-0.25, -0.2) is 15.0 Å². The highest BCUT2D eigenvalue weighted by Gasteiger charge is 2.10. The van der Waals surface area contributed by atoms with E-state index >= 15 is 0 Å². The molecule has 0 aliphatic heterocycles. The Balaban J connectivity index is 1.94. The van der Waals surface area contributed by atoms with E-state index in [9.17, 15) is 0 Å². The number of para-hydroxylation sites is 1. The van der Waals surface area contributed by atoms with Gasteiger partial charge in [-0.2, -0.15) is 0 Å². The normalized spacial score (nSPS) is 11.4. The highest BCUT2D eigenvalue weighted by molar-refractivity contribution is 7.18. The van der Waals surface area contributed by atoms with Crippen LogP contribution >= 0.6 is 22.9 Å². The van der Waals surface area contributed by atoms with Gasteiger partial charge >= 0.3 is 0 Å². The number of benzene rings is 1. The van der Waals surface area contributed by atoms with Gasteiger partial charge in [0.2, 0.25) is 0 Å². The third-order valence-corrected chi connectivity index (χ3v) is 4.18. The van der Waals surface area contributed by atoms with E-state index in [4.69, 9.17) is 11.6 Å². The Morgan fingerprint density at radius 3 is 2.70 bits per heavy atom. The standard InChI is InChI=1S/C15H14ClN3S/c1-9(2)15-17-10(7-13(16)19-15)8-14-18-11-5-3-4-6-12(11)20-14/h3-7,9H,8H2,1-2H3. The van der Waals surface area contributed by atoms with Crippen molar-refractivity contribution in [3.8, 4) is 0 Å². The first-order valence-electron chi connectivity index (χ1n) is 6.49. The van der Waals surface area contributed by atoms with Crippen LogP contribution < -0.4 is 0 Å². The molecule has 2 aromatic heterocycles. The zero-order chi connectivity index (χ0) is 14.1. The molecule has 3 nitrogen and oxygen atoms in total. The third kappa shape index (κ3) is 2.81. The molecular formula is C15H14ClN3S. The summed E-state index contributed by atoms with van der Waals surface area (Å²) < 4.78 is 1.20. The Labute approximate surface area is 126 Å². The van der Waals surface area contributed by atoms with E-state index in [1.165, 1.54) is 4.70 Å². The summed E-state index contributed by atoms with van der Waals surface area (Å²) >= 11 is 7.77. The van der Waals surface area contributed by atoms with Crippen molar-refractivity contribution in [3.63, 3.8) is 0 Å². The Hall–Kier alpha value is -1.52. The van der Waals surface area contributed by atoms with Crippen molar-refractivity contribution in [1.29, 1.82) is 0 Å². The second kappa shape index (κ2) is 5.46. The lowest BCUT2D eigenvalue weighted by Crippen LogP contribution is -2.02. The van der Waals surface area contributed by atoms with Crippen molar-refractivity contribution < 1.29 is 0 Å². The van der Waals surface area contributed by atoms with Crippen LogP contribution in [0.15, 0.2) is 30.3 Å². The predicted octanol–water partition coefficient (Wildman–Crippen LogP) is 4.45. The van der Waals surface area contributed by atoms with Gasteiger partial charge in [-0.05, 0) is 18.2 Å². The van der Waals surface area contributed by atoms with Crippen LogP contribution in [0, 0.1) is 0 Å². The topological polar surface area (TPSA) is 38.7 Å². The zero-order valence-corrected chi connectivity index (χ0v) is 12.9. The largest absolute Gasteiger partial charge is 0.241 e. The fourth-order valence-electron chi connectivity index (χ4n) is 1.98. The average molecular weight is 304 g/mol. The van der Waals surface area contributed by atoms with Crippen LogP contribution in [0.25, 0.3) is 10.2 Å². The molecule has 0 unspecified atom stereocenters. The molecule has 0 saturated carbocycles. The van der Waals surface area contributed by atoms with Crippen molar-refractivity contribution in [3.05, 3.63) is 52.0 Å². The smallest absolute Gasteiger partial charge is 0.133 e. The van der Waals surface area contributed by atoms with Gasteiger partial charge in [-0.3, -0.25) is 0 Å². The number of nitrogens with zero attached hydrogens (tertiary/aromatic N) is 3. The molecule has 0 atom stereocenters. The molecule has 3 aromatic rings. The maximum absolute atomic E-state index is 6.07. The molecule has 0 aliphatic rings. The number of halogens is 1. The van der Waals surface area contributed by atoms with E-state index in [0.29, 0.717) is 11.6 Å². The number of aromatic nitrogens is 3. The first-order valence-corrected chi connectivity index (χ1v) is 7.69.